The van der Waals surface area contributed by atoms with E-state index in [0.717, 1.165) is 42.7 Å². The van der Waals surface area contributed by atoms with E-state index in [4.69, 9.17) is 11.6 Å². The fraction of sp³-hybridized carbons (Fsp3) is 0.409. The van der Waals surface area contributed by atoms with E-state index in [9.17, 15) is 23.1 Å². The van der Waals surface area contributed by atoms with Crippen molar-refractivity contribution < 1.29 is 23.1 Å². The minimum atomic E-state index is -1.58. The lowest BCUT2D eigenvalue weighted by atomic mass is 9.80. The Morgan fingerprint density at radius 2 is 1.87 bits per heavy atom. The molecule has 3 aliphatic carbocycles. The maximum atomic E-state index is 13.4. The molecule has 0 aliphatic heterocycles. The van der Waals surface area contributed by atoms with Crippen LogP contribution in [0.2, 0.25) is 5.02 Å². The number of aliphatic hydroxyl groups is 1. The first-order valence-electron chi connectivity index (χ1n) is 9.87. The van der Waals surface area contributed by atoms with Crippen molar-refractivity contribution in [3.63, 3.8) is 0 Å². The van der Waals surface area contributed by atoms with Gasteiger partial charge >= 0.3 is 0 Å². The third-order valence-electron chi connectivity index (χ3n) is 6.80. The zero-order valence-corrected chi connectivity index (χ0v) is 17.4. The Kier molecular flexibility index (Phi) is 4.84. The number of halogens is 4. The summed E-state index contributed by atoms with van der Waals surface area (Å²) in [4.78, 5) is 13.3. The van der Waals surface area contributed by atoms with E-state index in [1.54, 1.807) is 23.9 Å². The molecule has 2 N–H and O–H groups in total. The predicted molar refractivity (Wildman–Crippen MR) is 109 cm³/mol. The maximum Gasteiger partial charge on any atom is 0.255 e. The maximum absolute atomic E-state index is 13.4. The zero-order chi connectivity index (χ0) is 21.2. The van der Waals surface area contributed by atoms with Crippen molar-refractivity contribution in [1.82, 2.24) is 0 Å². The molecule has 3 saturated carbocycles. The van der Waals surface area contributed by atoms with Crippen molar-refractivity contribution in [3.05, 3.63) is 58.4 Å². The predicted octanol–water partition coefficient (Wildman–Crippen LogP) is 5.65. The summed E-state index contributed by atoms with van der Waals surface area (Å²) in [5.74, 6) is -3.91. The van der Waals surface area contributed by atoms with Crippen LogP contribution in [0.1, 0.15) is 36.0 Å². The molecule has 0 aromatic heterocycles. The van der Waals surface area contributed by atoms with Crippen molar-refractivity contribution in [2.24, 2.45) is 17.3 Å². The van der Waals surface area contributed by atoms with Gasteiger partial charge in [-0.05, 0) is 55.7 Å². The van der Waals surface area contributed by atoms with E-state index in [1.807, 2.05) is 0 Å². The molecule has 0 heterocycles. The Labute approximate surface area is 181 Å². The van der Waals surface area contributed by atoms with E-state index in [1.165, 1.54) is 6.07 Å². The molecule has 3 nitrogen and oxygen atoms in total. The monoisotopic (exact) mass is 453 g/mol. The number of anilines is 1. The second-order valence-electron chi connectivity index (χ2n) is 8.61. The smallest absolute Gasteiger partial charge is 0.255 e. The van der Waals surface area contributed by atoms with Crippen LogP contribution < -0.4 is 5.32 Å². The number of hydrogen-bond acceptors (Lipinski definition) is 3. The van der Waals surface area contributed by atoms with Crippen LogP contribution in [0.15, 0.2) is 35.2 Å². The molecule has 2 bridgehead atoms. The number of thioether (sulfide) groups is 1. The molecule has 8 heteroatoms. The molecule has 1 spiro atoms. The van der Waals surface area contributed by atoms with Crippen LogP contribution in [0.5, 0.6) is 0 Å². The number of carbonyl (C=O) groups is 1. The Morgan fingerprint density at radius 1 is 1.13 bits per heavy atom. The van der Waals surface area contributed by atoms with Gasteiger partial charge in [0.25, 0.3) is 5.91 Å². The largest absolute Gasteiger partial charge is 0.392 e. The summed E-state index contributed by atoms with van der Waals surface area (Å²) in [5.41, 5.74) is 0.198. The first-order valence-corrected chi connectivity index (χ1v) is 11.1. The van der Waals surface area contributed by atoms with Gasteiger partial charge in [-0.25, -0.2) is 13.2 Å². The molecule has 0 saturated heterocycles. The number of benzene rings is 2. The number of carbonyl (C=O) groups excluding carboxylic acids is 1. The summed E-state index contributed by atoms with van der Waals surface area (Å²) in [7, 11) is 0. The second-order valence-corrected chi connectivity index (χ2v) is 10.4. The van der Waals surface area contributed by atoms with Gasteiger partial charge in [0.1, 0.15) is 0 Å². The summed E-state index contributed by atoms with van der Waals surface area (Å²) in [6.45, 7) is 0. The van der Waals surface area contributed by atoms with Crippen LogP contribution in [0.3, 0.4) is 0 Å². The van der Waals surface area contributed by atoms with E-state index < -0.39 is 23.4 Å². The highest BCUT2D eigenvalue weighted by Crippen LogP contribution is 2.72. The molecule has 5 rings (SSSR count). The van der Waals surface area contributed by atoms with Crippen molar-refractivity contribution in [2.75, 3.05) is 5.32 Å². The Balaban J connectivity index is 1.32. The first kappa shape index (κ1) is 20.2. The minimum Gasteiger partial charge on any atom is -0.392 e. The number of aliphatic hydroxyl groups excluding tert-OH is 1. The highest BCUT2D eigenvalue weighted by atomic mass is 35.5. The highest BCUT2D eigenvalue weighted by Gasteiger charge is 2.68. The summed E-state index contributed by atoms with van der Waals surface area (Å²) in [5, 5.41) is 13.7. The molecule has 1 amide bonds. The average molecular weight is 454 g/mol. The van der Waals surface area contributed by atoms with Gasteiger partial charge in [0.2, 0.25) is 0 Å². The van der Waals surface area contributed by atoms with E-state index >= 15 is 0 Å². The quantitative estimate of drug-likeness (QED) is 0.588. The molecule has 30 heavy (non-hydrogen) atoms. The SMILES string of the molecule is O=C(Nc1cc(F)c(F)c(F)c1)c1ccc(Cl)c(S[C@H]2CC3CC4CC4(C2)[C@@H]3O)c1. The molecule has 158 valence electrons. The fourth-order valence-corrected chi connectivity index (χ4v) is 7.04. The summed E-state index contributed by atoms with van der Waals surface area (Å²) in [6, 6.07) is 6.28. The molecule has 2 aromatic rings. The lowest BCUT2D eigenvalue weighted by Gasteiger charge is -2.35. The van der Waals surface area contributed by atoms with Gasteiger partial charge in [0.05, 0.1) is 11.1 Å². The number of rotatable bonds is 4. The van der Waals surface area contributed by atoms with Gasteiger partial charge < -0.3 is 10.4 Å². The molecular weight excluding hydrogens is 435 g/mol. The topological polar surface area (TPSA) is 49.3 Å². The van der Waals surface area contributed by atoms with Gasteiger partial charge in [-0.3, -0.25) is 4.79 Å². The lowest BCUT2D eigenvalue weighted by molar-refractivity contribution is 0.0323. The van der Waals surface area contributed by atoms with Gasteiger partial charge in [0, 0.05) is 38.9 Å². The summed E-state index contributed by atoms with van der Waals surface area (Å²) < 4.78 is 39.9. The van der Waals surface area contributed by atoms with Gasteiger partial charge in [-0.1, -0.05) is 11.6 Å². The number of nitrogens with one attached hydrogen (secondary N) is 1. The van der Waals surface area contributed by atoms with E-state index in [-0.39, 0.29) is 22.8 Å². The van der Waals surface area contributed by atoms with Crippen LogP contribution in [-0.2, 0) is 0 Å². The number of fused-ring (bicyclic) bond motifs is 1. The normalized spacial score (nSPS) is 31.4. The third kappa shape index (κ3) is 3.31. The summed E-state index contributed by atoms with van der Waals surface area (Å²) >= 11 is 7.98. The molecule has 2 aromatic carbocycles. The first-order chi connectivity index (χ1) is 14.3. The van der Waals surface area contributed by atoms with Crippen LogP contribution >= 0.6 is 23.4 Å². The molecule has 3 unspecified atom stereocenters. The van der Waals surface area contributed by atoms with Crippen LogP contribution in [0, 0.1) is 34.7 Å². The van der Waals surface area contributed by atoms with Gasteiger partial charge in [-0.15, -0.1) is 11.8 Å². The lowest BCUT2D eigenvalue weighted by Crippen LogP contribution is -2.35. The molecule has 3 fully saturated rings. The Hall–Kier alpha value is -1.70. The Morgan fingerprint density at radius 3 is 2.57 bits per heavy atom. The second kappa shape index (κ2) is 7.18. The molecule has 3 aliphatic rings. The van der Waals surface area contributed by atoms with Crippen molar-refractivity contribution in [1.29, 1.82) is 0 Å². The van der Waals surface area contributed by atoms with Gasteiger partial charge in [0.15, 0.2) is 17.5 Å². The van der Waals surface area contributed by atoms with Crippen LogP contribution in [0.4, 0.5) is 18.9 Å². The average Bonchev–Trinajstić information content (AvgIpc) is 3.33. The third-order valence-corrected chi connectivity index (χ3v) is 8.53. The number of hydrogen-bond donors (Lipinski definition) is 2. The van der Waals surface area contributed by atoms with Crippen LogP contribution in [-0.4, -0.2) is 22.4 Å². The molecular formula is C22H19ClF3NO2S. The Bertz CT molecular complexity index is 1030. The highest BCUT2D eigenvalue weighted by molar-refractivity contribution is 8.00. The number of amides is 1. The van der Waals surface area contributed by atoms with Crippen LogP contribution in [0.25, 0.3) is 0 Å². The molecule has 0 radical (unpaired) electrons. The van der Waals surface area contributed by atoms with E-state index in [0.29, 0.717) is 22.1 Å². The van der Waals surface area contributed by atoms with Gasteiger partial charge in [-0.2, -0.15) is 0 Å². The van der Waals surface area contributed by atoms with Crippen molar-refractivity contribution in [3.8, 4) is 0 Å². The minimum absolute atomic E-state index is 0.0821. The summed E-state index contributed by atoms with van der Waals surface area (Å²) in [6.07, 6.45) is 3.87. The fourth-order valence-electron chi connectivity index (χ4n) is 5.32. The molecule has 5 atom stereocenters. The standard InChI is InChI=1S/C22H19ClF3NO2S/c23-15-2-1-10(21(29)27-13-6-16(24)19(26)17(25)7-13)5-18(15)30-14-4-11-3-12-8-22(12,9-14)20(11)28/h1-2,5-7,11-12,14,20,28H,3-4,8-9H2,(H,27,29)/t11?,12?,14-,20+,22?/m0/s1. The van der Waals surface area contributed by atoms with Crippen molar-refractivity contribution >= 4 is 35.0 Å². The van der Waals surface area contributed by atoms with E-state index in [2.05, 4.69) is 5.32 Å². The van der Waals surface area contributed by atoms with Crippen molar-refractivity contribution in [2.45, 2.75) is 41.9 Å². The zero-order valence-electron chi connectivity index (χ0n) is 15.8.